The largest absolute Gasteiger partial charge is 0.465 e. The van der Waals surface area contributed by atoms with E-state index in [-0.39, 0.29) is 5.88 Å². The van der Waals surface area contributed by atoms with E-state index in [1.165, 1.54) is 24.6 Å². The number of anilines is 2. The Kier molecular flexibility index (Phi) is 4.80. The van der Waals surface area contributed by atoms with Crippen molar-refractivity contribution in [2.75, 3.05) is 24.3 Å². The van der Waals surface area contributed by atoms with Gasteiger partial charge in [-0.15, -0.1) is 0 Å². The van der Waals surface area contributed by atoms with E-state index < -0.39 is 5.97 Å². The second-order valence-electron chi connectivity index (χ2n) is 6.47. The van der Waals surface area contributed by atoms with Gasteiger partial charge in [-0.25, -0.2) is 9.78 Å². The van der Waals surface area contributed by atoms with E-state index in [4.69, 9.17) is 15.2 Å². The number of benzene rings is 2. The summed E-state index contributed by atoms with van der Waals surface area (Å²) >= 11 is 0. The molecule has 7 heteroatoms. The van der Waals surface area contributed by atoms with Crippen molar-refractivity contribution < 1.29 is 14.3 Å². The fourth-order valence-electron chi connectivity index (χ4n) is 3.27. The Morgan fingerprint density at radius 2 is 1.82 bits per heavy atom. The lowest BCUT2D eigenvalue weighted by Crippen LogP contribution is -2.31. The van der Waals surface area contributed by atoms with Crippen LogP contribution in [0, 0.1) is 0 Å². The first-order valence-electron chi connectivity index (χ1n) is 8.94. The summed E-state index contributed by atoms with van der Waals surface area (Å²) < 4.78 is 10.5. The van der Waals surface area contributed by atoms with Gasteiger partial charge in [0.2, 0.25) is 5.88 Å². The van der Waals surface area contributed by atoms with Crippen molar-refractivity contribution >= 4 is 17.5 Å². The molecule has 0 saturated carbocycles. The number of carbonyl (C=O) groups excluding carboxylic acids is 1. The van der Waals surface area contributed by atoms with Crippen molar-refractivity contribution in [3.63, 3.8) is 0 Å². The van der Waals surface area contributed by atoms with Crippen LogP contribution in [0.3, 0.4) is 0 Å². The summed E-state index contributed by atoms with van der Waals surface area (Å²) in [7, 11) is 1.34. The molecule has 0 amide bonds. The monoisotopic (exact) mass is 376 g/mol. The van der Waals surface area contributed by atoms with Crippen molar-refractivity contribution in [2.45, 2.75) is 13.0 Å². The van der Waals surface area contributed by atoms with Gasteiger partial charge in [0.05, 0.1) is 12.7 Å². The maximum Gasteiger partial charge on any atom is 0.337 e. The molecule has 0 bridgehead atoms. The molecule has 1 aliphatic rings. The molecule has 0 atom stereocenters. The van der Waals surface area contributed by atoms with Crippen LogP contribution in [0.15, 0.2) is 54.9 Å². The average molecular weight is 376 g/mol. The van der Waals surface area contributed by atoms with E-state index in [1.807, 2.05) is 6.07 Å². The average Bonchev–Trinajstić information content (AvgIpc) is 2.75. The van der Waals surface area contributed by atoms with Gasteiger partial charge in [0.1, 0.15) is 17.8 Å². The summed E-state index contributed by atoms with van der Waals surface area (Å²) in [4.78, 5) is 22.2. The van der Waals surface area contributed by atoms with Gasteiger partial charge in [-0.05, 0) is 41.8 Å². The summed E-state index contributed by atoms with van der Waals surface area (Å²) in [5, 5.41) is 0. The van der Waals surface area contributed by atoms with Crippen LogP contribution in [0.2, 0.25) is 0 Å². The predicted octanol–water partition coefficient (Wildman–Crippen LogP) is 3.20. The number of nitrogens with two attached hydrogens (primary N) is 1. The molecule has 28 heavy (non-hydrogen) atoms. The van der Waals surface area contributed by atoms with Crippen LogP contribution in [-0.2, 0) is 17.7 Å². The third kappa shape index (κ3) is 3.46. The molecular weight excluding hydrogens is 356 g/mol. The van der Waals surface area contributed by atoms with Gasteiger partial charge in [-0.1, -0.05) is 24.3 Å². The van der Waals surface area contributed by atoms with Crippen molar-refractivity contribution in [1.29, 1.82) is 0 Å². The number of nitrogen functional groups attached to an aromatic ring is 1. The lowest BCUT2D eigenvalue weighted by molar-refractivity contribution is 0.0600. The zero-order chi connectivity index (χ0) is 19.5. The van der Waals surface area contributed by atoms with Gasteiger partial charge in [0.15, 0.2) is 5.82 Å². The molecule has 142 valence electrons. The summed E-state index contributed by atoms with van der Waals surface area (Å²) in [6.07, 6.45) is 2.38. The SMILES string of the molecule is COC(=O)c1ccc(Oc2ncnc(N3CCc4ccccc4C3)c2N)cc1. The number of methoxy groups -OCH3 is 1. The molecule has 1 aliphatic heterocycles. The smallest absolute Gasteiger partial charge is 0.337 e. The highest BCUT2D eigenvalue weighted by atomic mass is 16.5. The van der Waals surface area contributed by atoms with Crippen LogP contribution in [0.25, 0.3) is 0 Å². The zero-order valence-corrected chi connectivity index (χ0v) is 15.5. The molecule has 2 N–H and O–H groups in total. The molecule has 2 heterocycles. The van der Waals surface area contributed by atoms with Crippen LogP contribution in [-0.4, -0.2) is 29.6 Å². The number of rotatable bonds is 4. The normalized spacial score (nSPS) is 13.0. The molecule has 7 nitrogen and oxygen atoms in total. The maximum atomic E-state index is 11.5. The summed E-state index contributed by atoms with van der Waals surface area (Å²) in [5.74, 6) is 1.06. The van der Waals surface area contributed by atoms with Gasteiger partial charge in [0.25, 0.3) is 0 Å². The minimum atomic E-state index is -0.402. The van der Waals surface area contributed by atoms with Crippen molar-refractivity contribution in [1.82, 2.24) is 9.97 Å². The Morgan fingerprint density at radius 1 is 1.07 bits per heavy atom. The predicted molar refractivity (Wildman–Crippen MR) is 105 cm³/mol. The lowest BCUT2D eigenvalue weighted by atomic mass is 10.00. The van der Waals surface area contributed by atoms with E-state index in [9.17, 15) is 4.79 Å². The molecule has 1 aromatic heterocycles. The van der Waals surface area contributed by atoms with Crippen LogP contribution in [0.5, 0.6) is 11.6 Å². The second kappa shape index (κ2) is 7.56. The molecule has 3 aromatic rings. The molecule has 0 unspecified atom stereocenters. The number of hydrogen-bond donors (Lipinski definition) is 1. The molecule has 0 saturated heterocycles. The van der Waals surface area contributed by atoms with Crippen molar-refractivity contribution in [2.24, 2.45) is 0 Å². The summed E-state index contributed by atoms with van der Waals surface area (Å²) in [6, 6.07) is 15.0. The first-order valence-corrected chi connectivity index (χ1v) is 8.94. The van der Waals surface area contributed by atoms with Gasteiger partial charge < -0.3 is 20.1 Å². The number of fused-ring (bicyclic) bond motifs is 1. The first-order chi connectivity index (χ1) is 13.7. The van der Waals surface area contributed by atoms with Gasteiger partial charge in [0, 0.05) is 13.1 Å². The zero-order valence-electron chi connectivity index (χ0n) is 15.5. The topological polar surface area (TPSA) is 90.6 Å². The summed E-state index contributed by atoms with van der Waals surface area (Å²) in [5.41, 5.74) is 9.77. The number of carbonyl (C=O) groups is 1. The van der Waals surface area contributed by atoms with E-state index >= 15 is 0 Å². The fourth-order valence-corrected chi connectivity index (χ4v) is 3.27. The van der Waals surface area contributed by atoms with E-state index in [2.05, 4.69) is 33.1 Å². The van der Waals surface area contributed by atoms with Crippen LogP contribution in [0.4, 0.5) is 11.5 Å². The van der Waals surface area contributed by atoms with Crippen LogP contribution in [0.1, 0.15) is 21.5 Å². The Balaban J connectivity index is 1.55. The third-order valence-electron chi connectivity index (χ3n) is 4.75. The Morgan fingerprint density at radius 3 is 2.57 bits per heavy atom. The highest BCUT2D eigenvalue weighted by Crippen LogP contribution is 2.33. The lowest BCUT2D eigenvalue weighted by Gasteiger charge is -2.30. The van der Waals surface area contributed by atoms with Crippen molar-refractivity contribution in [3.05, 3.63) is 71.5 Å². The number of aromatic nitrogens is 2. The molecule has 2 aromatic carbocycles. The maximum absolute atomic E-state index is 11.5. The minimum Gasteiger partial charge on any atom is -0.465 e. The van der Waals surface area contributed by atoms with Gasteiger partial charge >= 0.3 is 5.97 Å². The molecule has 0 radical (unpaired) electrons. The Hall–Kier alpha value is -3.61. The molecule has 0 spiro atoms. The Labute approximate surface area is 162 Å². The number of hydrogen-bond acceptors (Lipinski definition) is 7. The first kappa shape index (κ1) is 17.8. The molecular formula is C21H20N4O3. The number of nitrogens with zero attached hydrogens (tertiary/aromatic N) is 3. The standard InChI is InChI=1S/C21H20N4O3/c1-27-21(26)15-6-8-17(9-7-15)28-20-18(22)19(23-13-24-20)25-11-10-14-4-2-3-5-16(14)12-25/h2-9,13H,10-12,22H2,1H3. The minimum absolute atomic E-state index is 0.287. The van der Waals surface area contributed by atoms with E-state index in [0.717, 1.165) is 19.5 Å². The van der Waals surface area contributed by atoms with E-state index in [1.54, 1.807) is 24.3 Å². The fraction of sp³-hybridized carbons (Fsp3) is 0.190. The third-order valence-corrected chi connectivity index (χ3v) is 4.75. The van der Waals surface area contributed by atoms with Crippen molar-refractivity contribution in [3.8, 4) is 11.6 Å². The second-order valence-corrected chi connectivity index (χ2v) is 6.47. The number of ether oxygens (including phenoxy) is 2. The highest BCUT2D eigenvalue weighted by Gasteiger charge is 2.21. The van der Waals surface area contributed by atoms with Gasteiger partial charge in [-0.2, -0.15) is 4.98 Å². The quantitative estimate of drug-likeness (QED) is 0.699. The number of esters is 1. The van der Waals surface area contributed by atoms with Crippen LogP contribution >= 0.6 is 0 Å². The van der Waals surface area contributed by atoms with Gasteiger partial charge in [-0.3, -0.25) is 0 Å². The van der Waals surface area contributed by atoms with E-state index in [0.29, 0.717) is 22.8 Å². The Bertz CT molecular complexity index is 1000. The van der Waals surface area contributed by atoms with Crippen LogP contribution < -0.4 is 15.4 Å². The molecule has 0 fully saturated rings. The highest BCUT2D eigenvalue weighted by molar-refractivity contribution is 5.89. The molecule has 4 rings (SSSR count). The summed E-state index contributed by atoms with van der Waals surface area (Å²) in [6.45, 7) is 1.57. The molecule has 0 aliphatic carbocycles.